The van der Waals surface area contributed by atoms with E-state index in [4.69, 9.17) is 9.47 Å². The first-order valence-electron chi connectivity index (χ1n) is 10.7. The number of nitrogens with one attached hydrogen (secondary N) is 1. The molecule has 3 aromatic carbocycles. The van der Waals surface area contributed by atoms with Crippen molar-refractivity contribution in [2.24, 2.45) is 0 Å². The zero-order chi connectivity index (χ0) is 23.7. The van der Waals surface area contributed by atoms with Crippen LogP contribution in [-0.2, 0) is 11.2 Å². The zero-order valence-corrected chi connectivity index (χ0v) is 17.9. The third kappa shape index (κ3) is 4.07. The van der Waals surface area contributed by atoms with Crippen LogP contribution in [0, 0.1) is 11.3 Å². The Balaban J connectivity index is 1.33. The van der Waals surface area contributed by atoms with E-state index in [1.165, 1.54) is 6.07 Å². The van der Waals surface area contributed by atoms with E-state index in [1.807, 2.05) is 18.2 Å². The van der Waals surface area contributed by atoms with Gasteiger partial charge in [-0.2, -0.15) is 10.4 Å². The van der Waals surface area contributed by atoms with Crippen LogP contribution in [0.2, 0.25) is 0 Å². The fourth-order valence-electron chi connectivity index (χ4n) is 4.07. The molecule has 0 spiro atoms. The Morgan fingerprint density at radius 3 is 2.76 bits per heavy atom. The summed E-state index contributed by atoms with van der Waals surface area (Å²) in [6.07, 6.45) is 2.32. The molecular formula is C26H19N3O5. The molecule has 4 aromatic rings. The molecule has 1 atom stereocenters. The summed E-state index contributed by atoms with van der Waals surface area (Å²) in [7, 11) is 0. The summed E-state index contributed by atoms with van der Waals surface area (Å²) in [4.78, 5) is 24.3. The Morgan fingerprint density at radius 2 is 2.00 bits per heavy atom. The molecule has 1 aliphatic rings. The highest BCUT2D eigenvalue weighted by atomic mass is 16.5. The van der Waals surface area contributed by atoms with Gasteiger partial charge >= 0.3 is 5.97 Å². The summed E-state index contributed by atoms with van der Waals surface area (Å²) in [5.41, 5.74) is 3.04. The van der Waals surface area contributed by atoms with Crippen LogP contribution in [0.25, 0.3) is 10.9 Å². The number of hydrogen-bond acceptors (Lipinski definition) is 6. The maximum absolute atomic E-state index is 12.7. The van der Waals surface area contributed by atoms with Crippen LogP contribution in [-0.4, -0.2) is 33.7 Å². The van der Waals surface area contributed by atoms with Crippen molar-refractivity contribution >= 4 is 22.7 Å². The molecule has 0 saturated heterocycles. The van der Waals surface area contributed by atoms with Crippen LogP contribution < -0.4 is 9.47 Å². The van der Waals surface area contributed by atoms with Gasteiger partial charge in [-0.1, -0.05) is 6.07 Å². The maximum atomic E-state index is 12.7. The van der Waals surface area contributed by atoms with E-state index in [9.17, 15) is 20.0 Å². The smallest absolute Gasteiger partial charge is 0.311 e. The number of aromatic amines is 1. The Labute approximate surface area is 194 Å². The number of ether oxygens (including phenoxy) is 2. The van der Waals surface area contributed by atoms with Gasteiger partial charge in [-0.15, -0.1) is 0 Å². The topological polar surface area (TPSA) is 125 Å². The molecule has 2 heterocycles. The van der Waals surface area contributed by atoms with Gasteiger partial charge in [0.15, 0.2) is 5.78 Å². The summed E-state index contributed by atoms with van der Waals surface area (Å²) in [5.74, 6) is -0.599. The van der Waals surface area contributed by atoms with Crippen LogP contribution in [0.4, 0.5) is 0 Å². The Kier molecular flexibility index (Phi) is 5.44. The normalized spacial score (nSPS) is 14.6. The van der Waals surface area contributed by atoms with E-state index < -0.39 is 11.9 Å². The number of carboxylic acid groups (broad SMARTS) is 1. The number of carbonyl (C=O) groups is 2. The predicted molar refractivity (Wildman–Crippen MR) is 122 cm³/mol. The van der Waals surface area contributed by atoms with Crippen molar-refractivity contribution in [1.29, 1.82) is 5.26 Å². The quantitative estimate of drug-likeness (QED) is 0.409. The highest BCUT2D eigenvalue weighted by molar-refractivity contribution is 5.98. The summed E-state index contributed by atoms with van der Waals surface area (Å²) < 4.78 is 11.5. The number of ketones is 1. The first kappa shape index (κ1) is 21.2. The number of aliphatic carboxylic acids is 1. The number of fused-ring (bicyclic) bond motifs is 2. The summed E-state index contributed by atoms with van der Waals surface area (Å²) in [6.45, 7) is 0.277. The molecule has 2 N–H and O–H groups in total. The van der Waals surface area contributed by atoms with E-state index in [2.05, 4.69) is 16.3 Å². The van der Waals surface area contributed by atoms with Crippen molar-refractivity contribution in [2.75, 3.05) is 6.61 Å². The fraction of sp³-hybridized carbons (Fsp3) is 0.154. The number of benzene rings is 3. The van der Waals surface area contributed by atoms with Crippen LogP contribution in [0.15, 0.2) is 60.8 Å². The molecule has 0 aliphatic carbocycles. The monoisotopic (exact) mass is 453 g/mol. The molecule has 168 valence electrons. The van der Waals surface area contributed by atoms with E-state index in [-0.39, 0.29) is 30.1 Å². The Morgan fingerprint density at radius 1 is 1.18 bits per heavy atom. The molecule has 1 unspecified atom stereocenters. The molecule has 0 saturated carbocycles. The molecule has 0 radical (unpaired) electrons. The third-order valence-electron chi connectivity index (χ3n) is 5.84. The Hall–Kier alpha value is -4.64. The van der Waals surface area contributed by atoms with Gasteiger partial charge in [0.05, 0.1) is 29.8 Å². The van der Waals surface area contributed by atoms with Gasteiger partial charge in [-0.05, 0) is 54.4 Å². The summed E-state index contributed by atoms with van der Waals surface area (Å²) in [5, 5.41) is 26.8. The number of H-pyrrole nitrogens is 1. The van der Waals surface area contributed by atoms with Gasteiger partial charge in [-0.3, -0.25) is 14.7 Å². The molecular weight excluding hydrogens is 434 g/mol. The third-order valence-corrected chi connectivity index (χ3v) is 5.84. The van der Waals surface area contributed by atoms with Crippen molar-refractivity contribution in [2.45, 2.75) is 18.8 Å². The minimum atomic E-state index is -0.952. The number of Topliss-reactive ketones (excluding diaryl/α,β-unsaturated/α-hetero) is 1. The minimum Gasteiger partial charge on any atom is -0.493 e. The number of nitriles is 1. The van der Waals surface area contributed by atoms with E-state index in [0.717, 1.165) is 16.5 Å². The lowest BCUT2D eigenvalue weighted by Crippen LogP contribution is -2.21. The average Bonchev–Trinajstić information content (AvgIpc) is 3.31. The highest BCUT2D eigenvalue weighted by Gasteiger charge is 2.29. The lowest BCUT2D eigenvalue weighted by atomic mass is 9.91. The van der Waals surface area contributed by atoms with E-state index >= 15 is 0 Å². The second-order valence-corrected chi connectivity index (χ2v) is 8.04. The largest absolute Gasteiger partial charge is 0.493 e. The molecule has 0 fully saturated rings. The van der Waals surface area contributed by atoms with Crippen LogP contribution in [0.1, 0.15) is 39.4 Å². The van der Waals surface area contributed by atoms with Gasteiger partial charge in [0.2, 0.25) is 0 Å². The van der Waals surface area contributed by atoms with Gasteiger partial charge in [0, 0.05) is 29.0 Å². The number of hydrogen-bond donors (Lipinski definition) is 2. The van der Waals surface area contributed by atoms with Crippen molar-refractivity contribution in [3.05, 3.63) is 83.0 Å². The van der Waals surface area contributed by atoms with Crippen LogP contribution >= 0.6 is 0 Å². The number of nitrogens with zero attached hydrogens (tertiary/aromatic N) is 2. The van der Waals surface area contributed by atoms with Crippen molar-refractivity contribution in [1.82, 2.24) is 10.2 Å². The molecule has 8 nitrogen and oxygen atoms in total. The maximum Gasteiger partial charge on any atom is 0.311 e. The van der Waals surface area contributed by atoms with Gasteiger partial charge < -0.3 is 14.6 Å². The standard InChI is InChI=1S/C26H19N3O5/c27-13-17-11-21-20(26(31)32)7-8-33-25(21)12-24(17)34-19-4-2-16(3-5-19)23(30)10-15-1-6-22-18(9-15)14-28-29-22/h1-6,9,11-12,14,20H,7-8,10H2,(H,28,29)(H,31,32). The number of rotatable bonds is 6. The van der Waals surface area contributed by atoms with Crippen molar-refractivity contribution in [3.63, 3.8) is 0 Å². The van der Waals surface area contributed by atoms with Gasteiger partial charge in [0.25, 0.3) is 0 Å². The molecule has 0 bridgehead atoms. The van der Waals surface area contributed by atoms with Crippen molar-refractivity contribution < 1.29 is 24.2 Å². The first-order valence-corrected chi connectivity index (χ1v) is 10.7. The molecule has 34 heavy (non-hydrogen) atoms. The average molecular weight is 453 g/mol. The van der Waals surface area contributed by atoms with Crippen molar-refractivity contribution in [3.8, 4) is 23.3 Å². The second-order valence-electron chi connectivity index (χ2n) is 8.04. The number of aromatic nitrogens is 2. The minimum absolute atomic E-state index is 0.0333. The van der Waals surface area contributed by atoms with Gasteiger partial charge in [0.1, 0.15) is 23.3 Å². The zero-order valence-electron chi connectivity index (χ0n) is 17.9. The SMILES string of the molecule is N#Cc1cc2c(cc1Oc1ccc(C(=O)Cc3ccc4[nH]ncc4c3)cc1)OCCC2C(=O)O. The van der Waals surface area contributed by atoms with Crippen LogP contribution in [0.3, 0.4) is 0 Å². The van der Waals surface area contributed by atoms with E-state index in [1.54, 1.807) is 36.5 Å². The second kappa shape index (κ2) is 8.71. The molecule has 8 heteroatoms. The first-order chi connectivity index (χ1) is 16.5. The summed E-state index contributed by atoms with van der Waals surface area (Å²) in [6, 6.07) is 17.5. The lowest BCUT2D eigenvalue weighted by Gasteiger charge is -2.24. The van der Waals surface area contributed by atoms with E-state index in [0.29, 0.717) is 29.0 Å². The molecule has 1 aliphatic heterocycles. The predicted octanol–water partition coefficient (Wildman–Crippen LogP) is 4.60. The fourth-order valence-corrected chi connectivity index (χ4v) is 4.07. The Bertz CT molecular complexity index is 1450. The lowest BCUT2D eigenvalue weighted by molar-refractivity contribution is -0.139. The highest BCUT2D eigenvalue weighted by Crippen LogP contribution is 2.39. The van der Waals surface area contributed by atoms with Gasteiger partial charge in [-0.25, -0.2) is 0 Å². The summed E-state index contributed by atoms with van der Waals surface area (Å²) >= 11 is 0. The molecule has 0 amide bonds. The number of carbonyl (C=O) groups excluding carboxylic acids is 1. The molecule has 5 rings (SSSR count). The number of carboxylic acids is 1. The van der Waals surface area contributed by atoms with Crippen LogP contribution in [0.5, 0.6) is 17.2 Å². The molecule has 1 aromatic heterocycles.